The second-order valence-corrected chi connectivity index (χ2v) is 4.97. The highest BCUT2D eigenvalue weighted by Gasteiger charge is 2.22. The van der Waals surface area contributed by atoms with E-state index in [9.17, 15) is 9.59 Å². The van der Waals surface area contributed by atoms with Gasteiger partial charge in [0.25, 0.3) is 0 Å². The normalized spacial score (nSPS) is 12.1. The maximum atomic E-state index is 11.2. The zero-order valence-corrected chi connectivity index (χ0v) is 11.8. The molecule has 0 saturated heterocycles. The Bertz CT molecular complexity index is 252. The minimum atomic E-state index is -1.05. The Balaban J connectivity index is 3.63. The predicted molar refractivity (Wildman–Crippen MR) is 71.7 cm³/mol. The van der Waals surface area contributed by atoms with Crippen molar-refractivity contribution in [3.05, 3.63) is 0 Å². The number of carboxylic acid groups (broad SMARTS) is 1. The Morgan fingerprint density at radius 1 is 1.00 bits per heavy atom. The van der Waals surface area contributed by atoms with Gasteiger partial charge in [0, 0.05) is 0 Å². The molecular weight excluding hydrogens is 248 g/mol. The minimum absolute atomic E-state index is 0.282. The summed E-state index contributed by atoms with van der Waals surface area (Å²) < 4.78 is 0. The number of hydrogen-bond acceptors (Lipinski definition) is 4. The predicted octanol–water partition coefficient (Wildman–Crippen LogP) is 3.62. The van der Waals surface area contributed by atoms with Crippen LogP contribution in [-0.4, -0.2) is 22.3 Å². The lowest BCUT2D eigenvalue weighted by atomic mass is 9.97. The van der Waals surface area contributed by atoms with Gasteiger partial charge in [0.2, 0.25) is 0 Å². The van der Waals surface area contributed by atoms with Crippen molar-refractivity contribution in [2.24, 2.45) is 5.92 Å². The van der Waals surface area contributed by atoms with Gasteiger partial charge in [0.1, 0.15) is 0 Å². The van der Waals surface area contributed by atoms with Gasteiger partial charge in [-0.05, 0) is 6.42 Å². The summed E-state index contributed by atoms with van der Waals surface area (Å²) in [6.07, 6.45) is 9.28. The molecule has 5 nitrogen and oxygen atoms in total. The first kappa shape index (κ1) is 17.9. The van der Waals surface area contributed by atoms with E-state index in [1.807, 2.05) is 0 Å². The third-order valence-electron chi connectivity index (χ3n) is 3.25. The highest BCUT2D eigenvalue weighted by Crippen LogP contribution is 2.17. The molecule has 0 bridgehead atoms. The molecule has 0 heterocycles. The van der Waals surface area contributed by atoms with Gasteiger partial charge in [-0.15, -0.1) is 0 Å². The third-order valence-corrected chi connectivity index (χ3v) is 3.25. The number of rotatable bonds is 12. The molecule has 2 N–H and O–H groups in total. The van der Waals surface area contributed by atoms with E-state index in [4.69, 9.17) is 10.4 Å². The van der Waals surface area contributed by atoms with Crippen LogP contribution in [0.15, 0.2) is 0 Å². The molecule has 0 spiro atoms. The van der Waals surface area contributed by atoms with Crippen LogP contribution in [0.4, 0.5) is 0 Å². The molecule has 0 aromatic rings. The van der Waals surface area contributed by atoms with Crippen molar-refractivity contribution in [2.75, 3.05) is 0 Å². The molecule has 19 heavy (non-hydrogen) atoms. The van der Waals surface area contributed by atoms with Crippen LogP contribution in [0, 0.1) is 5.92 Å². The summed E-state index contributed by atoms with van der Waals surface area (Å²) in [6.45, 7) is 2.18. The molecule has 5 heteroatoms. The first-order valence-electron chi connectivity index (χ1n) is 7.18. The fraction of sp³-hybridized carbons (Fsp3) is 0.857. The lowest BCUT2D eigenvalue weighted by Gasteiger charge is -2.10. The number of aliphatic carboxylic acids is 1. The van der Waals surface area contributed by atoms with Crippen LogP contribution in [0.1, 0.15) is 71.1 Å². The Labute approximate surface area is 114 Å². The number of unbranched alkanes of at least 4 members (excludes halogenated alkanes) is 7. The van der Waals surface area contributed by atoms with Crippen molar-refractivity contribution in [1.29, 1.82) is 0 Å². The van der Waals surface area contributed by atoms with Crippen LogP contribution in [0.5, 0.6) is 0 Å². The fourth-order valence-corrected chi connectivity index (χ4v) is 2.11. The van der Waals surface area contributed by atoms with Gasteiger partial charge in [0.15, 0.2) is 0 Å². The van der Waals surface area contributed by atoms with Crippen molar-refractivity contribution in [3.8, 4) is 0 Å². The van der Waals surface area contributed by atoms with E-state index in [0.29, 0.717) is 6.42 Å². The SMILES string of the molecule is CCCCCCCCCCC(CC(=O)O)C(=O)OO. The third kappa shape index (κ3) is 10.5. The molecule has 0 aromatic heterocycles. The monoisotopic (exact) mass is 274 g/mol. The van der Waals surface area contributed by atoms with Crippen LogP contribution in [-0.2, 0) is 14.5 Å². The van der Waals surface area contributed by atoms with Gasteiger partial charge in [-0.1, -0.05) is 58.3 Å². The van der Waals surface area contributed by atoms with Crippen LogP contribution in [0.2, 0.25) is 0 Å². The summed E-state index contributed by atoms with van der Waals surface area (Å²) in [7, 11) is 0. The van der Waals surface area contributed by atoms with Crippen molar-refractivity contribution in [1.82, 2.24) is 0 Å². The van der Waals surface area contributed by atoms with E-state index in [1.54, 1.807) is 0 Å². The molecule has 0 saturated carbocycles. The number of carbonyl (C=O) groups excluding carboxylic acids is 1. The van der Waals surface area contributed by atoms with Crippen LogP contribution < -0.4 is 0 Å². The lowest BCUT2D eigenvalue weighted by Crippen LogP contribution is -2.19. The Morgan fingerprint density at radius 2 is 1.53 bits per heavy atom. The second kappa shape index (κ2) is 12.0. The summed E-state index contributed by atoms with van der Waals surface area (Å²) in [5.41, 5.74) is 0. The fourth-order valence-electron chi connectivity index (χ4n) is 2.11. The Kier molecular flexibility index (Phi) is 11.3. The molecule has 0 amide bonds. The van der Waals surface area contributed by atoms with Gasteiger partial charge in [0.05, 0.1) is 12.3 Å². The first-order valence-corrected chi connectivity index (χ1v) is 7.18. The number of carbonyl (C=O) groups is 2. The van der Waals surface area contributed by atoms with E-state index in [1.165, 1.54) is 32.1 Å². The van der Waals surface area contributed by atoms with Gasteiger partial charge in [-0.3, -0.25) is 4.79 Å². The van der Waals surface area contributed by atoms with E-state index >= 15 is 0 Å². The molecule has 0 fully saturated rings. The van der Waals surface area contributed by atoms with Crippen molar-refractivity contribution < 1.29 is 24.8 Å². The van der Waals surface area contributed by atoms with Crippen LogP contribution in [0.25, 0.3) is 0 Å². The van der Waals surface area contributed by atoms with Crippen molar-refractivity contribution in [2.45, 2.75) is 71.1 Å². The summed E-state index contributed by atoms with van der Waals surface area (Å²) in [5, 5.41) is 17.0. The van der Waals surface area contributed by atoms with Gasteiger partial charge in [-0.25, -0.2) is 4.79 Å². The zero-order valence-electron chi connectivity index (χ0n) is 11.8. The lowest BCUT2D eigenvalue weighted by molar-refractivity contribution is -0.239. The van der Waals surface area contributed by atoms with E-state index in [2.05, 4.69) is 11.8 Å². The summed E-state index contributed by atoms with van der Waals surface area (Å²) >= 11 is 0. The Hall–Kier alpha value is -1.10. The average molecular weight is 274 g/mol. The van der Waals surface area contributed by atoms with Gasteiger partial charge in [-0.2, -0.15) is 5.26 Å². The quantitative estimate of drug-likeness (QED) is 0.322. The van der Waals surface area contributed by atoms with Crippen molar-refractivity contribution in [3.63, 3.8) is 0 Å². The zero-order chi connectivity index (χ0) is 14.5. The molecule has 1 unspecified atom stereocenters. The maximum absolute atomic E-state index is 11.2. The molecule has 1 atom stereocenters. The smallest absolute Gasteiger partial charge is 0.345 e. The van der Waals surface area contributed by atoms with E-state index in [-0.39, 0.29) is 6.42 Å². The highest BCUT2D eigenvalue weighted by molar-refractivity contribution is 5.78. The van der Waals surface area contributed by atoms with E-state index in [0.717, 1.165) is 19.3 Å². The maximum Gasteiger partial charge on any atom is 0.345 e. The number of hydrogen-bond donors (Lipinski definition) is 2. The molecule has 0 aliphatic rings. The van der Waals surface area contributed by atoms with Gasteiger partial charge >= 0.3 is 11.9 Å². The van der Waals surface area contributed by atoms with Gasteiger partial charge < -0.3 is 9.99 Å². The highest BCUT2D eigenvalue weighted by atomic mass is 17.1. The van der Waals surface area contributed by atoms with Crippen LogP contribution >= 0.6 is 0 Å². The topological polar surface area (TPSA) is 83.8 Å². The molecular formula is C14H26O5. The molecule has 0 rings (SSSR count). The average Bonchev–Trinajstić information content (AvgIpc) is 2.39. The largest absolute Gasteiger partial charge is 0.481 e. The van der Waals surface area contributed by atoms with E-state index < -0.39 is 17.9 Å². The summed E-state index contributed by atoms with van der Waals surface area (Å²) in [4.78, 5) is 25.4. The Morgan fingerprint density at radius 3 is 2.00 bits per heavy atom. The summed E-state index contributed by atoms with van der Waals surface area (Å²) in [6, 6.07) is 0. The minimum Gasteiger partial charge on any atom is -0.481 e. The first-order chi connectivity index (χ1) is 9.11. The molecule has 0 radical (unpaired) electrons. The molecule has 112 valence electrons. The molecule has 0 aliphatic carbocycles. The van der Waals surface area contributed by atoms with Crippen molar-refractivity contribution >= 4 is 11.9 Å². The molecule has 0 aliphatic heterocycles. The van der Waals surface area contributed by atoms with Crippen LogP contribution in [0.3, 0.4) is 0 Å². The summed E-state index contributed by atoms with van der Waals surface area (Å²) in [5.74, 6) is -2.62. The number of carboxylic acids is 1. The second-order valence-electron chi connectivity index (χ2n) is 4.97. The standard InChI is InChI=1S/C14H26O5/c1-2-3-4-5-6-7-8-9-10-12(11-13(15)16)14(17)19-18/h12,18H,2-11H2,1H3,(H,15,16). The molecule has 0 aromatic carbocycles.